The summed E-state index contributed by atoms with van der Waals surface area (Å²) in [6.07, 6.45) is 6.73. The summed E-state index contributed by atoms with van der Waals surface area (Å²) in [5, 5.41) is 7.97. The third kappa shape index (κ3) is 2.93. The molecule has 3 heteroatoms. The lowest BCUT2D eigenvalue weighted by atomic mass is 9.98. The van der Waals surface area contributed by atoms with Crippen molar-refractivity contribution >= 4 is 0 Å². The van der Waals surface area contributed by atoms with Crippen LogP contribution in [0.25, 0.3) is 11.1 Å². The smallest absolute Gasteiger partial charge is 0.0568 e. The van der Waals surface area contributed by atoms with Gasteiger partial charge in [0, 0.05) is 18.3 Å². The number of nitrogens with one attached hydrogen (secondary N) is 1. The fourth-order valence-corrected chi connectivity index (χ4v) is 2.98. The van der Waals surface area contributed by atoms with E-state index in [0.29, 0.717) is 0 Å². The van der Waals surface area contributed by atoms with E-state index in [1.54, 1.807) is 0 Å². The van der Waals surface area contributed by atoms with Crippen molar-refractivity contribution in [3.63, 3.8) is 0 Å². The van der Waals surface area contributed by atoms with E-state index in [2.05, 4.69) is 53.3 Å². The number of aryl methyl sites for hydroxylation is 2. The van der Waals surface area contributed by atoms with E-state index in [4.69, 9.17) is 0 Å². The summed E-state index contributed by atoms with van der Waals surface area (Å²) in [6, 6.07) is 6.61. The standard InChI is InChI=1S/C17H23N3/c1-13-3-4-14(2)17(9-13)16-10-19-20(12-16)11-15-5-7-18-8-6-15/h3-4,9-10,12,15,18H,5-8,11H2,1-2H3. The Balaban J connectivity index is 1.77. The molecule has 1 fully saturated rings. The molecule has 1 aromatic carbocycles. The third-order valence-electron chi connectivity index (χ3n) is 4.24. The number of piperidine rings is 1. The van der Waals surface area contributed by atoms with Gasteiger partial charge in [-0.05, 0) is 56.8 Å². The largest absolute Gasteiger partial charge is 0.317 e. The van der Waals surface area contributed by atoms with E-state index >= 15 is 0 Å². The van der Waals surface area contributed by atoms with Crippen LogP contribution in [0.15, 0.2) is 30.6 Å². The molecular formula is C17H23N3. The van der Waals surface area contributed by atoms with E-state index in [9.17, 15) is 0 Å². The van der Waals surface area contributed by atoms with Gasteiger partial charge in [0.05, 0.1) is 6.20 Å². The van der Waals surface area contributed by atoms with E-state index in [0.717, 1.165) is 25.6 Å². The third-order valence-corrected chi connectivity index (χ3v) is 4.24. The van der Waals surface area contributed by atoms with Crippen LogP contribution in [-0.2, 0) is 6.54 Å². The first-order chi connectivity index (χ1) is 9.72. The van der Waals surface area contributed by atoms with Gasteiger partial charge in [-0.15, -0.1) is 0 Å². The Bertz CT molecular complexity index is 580. The summed E-state index contributed by atoms with van der Waals surface area (Å²) in [7, 11) is 0. The van der Waals surface area contributed by atoms with Gasteiger partial charge in [-0.1, -0.05) is 23.8 Å². The molecule has 1 saturated heterocycles. The van der Waals surface area contributed by atoms with Gasteiger partial charge in [-0.3, -0.25) is 4.68 Å². The number of nitrogens with zero attached hydrogens (tertiary/aromatic N) is 2. The first-order valence-electron chi connectivity index (χ1n) is 7.53. The lowest BCUT2D eigenvalue weighted by molar-refractivity contribution is 0.321. The molecule has 1 aliphatic rings. The lowest BCUT2D eigenvalue weighted by Gasteiger charge is -2.22. The van der Waals surface area contributed by atoms with Crippen molar-refractivity contribution in [2.24, 2.45) is 5.92 Å². The van der Waals surface area contributed by atoms with Gasteiger partial charge in [-0.25, -0.2) is 0 Å². The van der Waals surface area contributed by atoms with Gasteiger partial charge in [0.1, 0.15) is 0 Å². The molecule has 0 spiro atoms. The van der Waals surface area contributed by atoms with Gasteiger partial charge < -0.3 is 5.32 Å². The van der Waals surface area contributed by atoms with Crippen molar-refractivity contribution in [2.45, 2.75) is 33.2 Å². The molecule has 3 rings (SSSR count). The quantitative estimate of drug-likeness (QED) is 0.927. The Hall–Kier alpha value is -1.61. The second-order valence-electron chi connectivity index (χ2n) is 5.96. The van der Waals surface area contributed by atoms with Crippen LogP contribution in [0.1, 0.15) is 24.0 Å². The summed E-state index contributed by atoms with van der Waals surface area (Å²) in [4.78, 5) is 0. The van der Waals surface area contributed by atoms with Gasteiger partial charge in [0.15, 0.2) is 0 Å². The van der Waals surface area contributed by atoms with Crippen LogP contribution in [0.5, 0.6) is 0 Å². The number of benzene rings is 1. The van der Waals surface area contributed by atoms with Crippen LogP contribution >= 0.6 is 0 Å². The predicted molar refractivity (Wildman–Crippen MR) is 82.7 cm³/mol. The van der Waals surface area contributed by atoms with Crippen molar-refractivity contribution in [3.05, 3.63) is 41.7 Å². The van der Waals surface area contributed by atoms with Gasteiger partial charge in [-0.2, -0.15) is 5.10 Å². The maximum absolute atomic E-state index is 4.55. The molecule has 0 aliphatic carbocycles. The molecule has 0 atom stereocenters. The van der Waals surface area contributed by atoms with Crippen LogP contribution in [0.4, 0.5) is 0 Å². The highest BCUT2D eigenvalue weighted by atomic mass is 15.3. The van der Waals surface area contributed by atoms with Crippen molar-refractivity contribution in [3.8, 4) is 11.1 Å². The monoisotopic (exact) mass is 269 g/mol. The molecule has 1 aromatic heterocycles. The molecule has 0 unspecified atom stereocenters. The normalized spacial score (nSPS) is 16.5. The van der Waals surface area contributed by atoms with Crippen LogP contribution in [0, 0.1) is 19.8 Å². The summed E-state index contributed by atoms with van der Waals surface area (Å²) in [5.74, 6) is 0.766. The SMILES string of the molecule is Cc1ccc(C)c(-c2cnn(CC3CCNCC3)c2)c1. The molecule has 20 heavy (non-hydrogen) atoms. The fraction of sp³-hybridized carbons (Fsp3) is 0.471. The number of rotatable bonds is 3. The highest BCUT2D eigenvalue weighted by Crippen LogP contribution is 2.24. The first kappa shape index (κ1) is 13.4. The predicted octanol–water partition coefficient (Wildman–Crippen LogP) is 3.17. The van der Waals surface area contributed by atoms with Crippen LogP contribution in [0.3, 0.4) is 0 Å². The summed E-state index contributed by atoms with van der Waals surface area (Å²) >= 11 is 0. The zero-order valence-corrected chi connectivity index (χ0v) is 12.4. The number of hydrogen-bond acceptors (Lipinski definition) is 2. The Morgan fingerprint density at radius 2 is 2.05 bits per heavy atom. The van der Waals surface area contributed by atoms with Gasteiger partial charge in [0.2, 0.25) is 0 Å². The first-order valence-corrected chi connectivity index (χ1v) is 7.53. The van der Waals surface area contributed by atoms with Crippen LogP contribution in [-0.4, -0.2) is 22.9 Å². The zero-order valence-electron chi connectivity index (χ0n) is 12.4. The Kier molecular flexibility index (Phi) is 3.88. The highest BCUT2D eigenvalue weighted by Gasteiger charge is 2.14. The molecular weight excluding hydrogens is 246 g/mol. The van der Waals surface area contributed by atoms with Crippen molar-refractivity contribution in [1.29, 1.82) is 0 Å². The van der Waals surface area contributed by atoms with Crippen molar-refractivity contribution < 1.29 is 0 Å². The molecule has 1 aliphatic heterocycles. The second kappa shape index (κ2) is 5.80. The van der Waals surface area contributed by atoms with Crippen LogP contribution in [0.2, 0.25) is 0 Å². The van der Waals surface area contributed by atoms with Gasteiger partial charge >= 0.3 is 0 Å². The molecule has 2 aromatic rings. The van der Waals surface area contributed by atoms with E-state index < -0.39 is 0 Å². The van der Waals surface area contributed by atoms with E-state index in [-0.39, 0.29) is 0 Å². The maximum atomic E-state index is 4.55. The van der Waals surface area contributed by atoms with Crippen molar-refractivity contribution in [2.75, 3.05) is 13.1 Å². The van der Waals surface area contributed by atoms with Crippen LogP contribution < -0.4 is 5.32 Å². The molecule has 1 N–H and O–H groups in total. The highest BCUT2D eigenvalue weighted by molar-refractivity contribution is 5.66. The van der Waals surface area contributed by atoms with E-state index in [1.807, 2.05) is 6.20 Å². The topological polar surface area (TPSA) is 29.9 Å². The van der Waals surface area contributed by atoms with Gasteiger partial charge in [0.25, 0.3) is 0 Å². The molecule has 0 amide bonds. The average Bonchev–Trinajstić information content (AvgIpc) is 2.91. The Morgan fingerprint density at radius 3 is 2.85 bits per heavy atom. The number of aromatic nitrogens is 2. The molecule has 0 bridgehead atoms. The minimum Gasteiger partial charge on any atom is -0.317 e. The summed E-state index contributed by atoms with van der Waals surface area (Å²) in [6.45, 7) is 7.65. The minimum atomic E-state index is 0.766. The fourth-order valence-electron chi connectivity index (χ4n) is 2.98. The molecule has 106 valence electrons. The Labute approximate surface area is 121 Å². The molecule has 0 radical (unpaired) electrons. The Morgan fingerprint density at radius 1 is 1.25 bits per heavy atom. The molecule has 0 saturated carbocycles. The van der Waals surface area contributed by atoms with E-state index in [1.165, 1.54) is 35.1 Å². The molecule has 2 heterocycles. The maximum Gasteiger partial charge on any atom is 0.0568 e. The zero-order chi connectivity index (χ0) is 13.9. The second-order valence-corrected chi connectivity index (χ2v) is 5.96. The summed E-state index contributed by atoms with van der Waals surface area (Å²) in [5.41, 5.74) is 5.16. The number of hydrogen-bond donors (Lipinski definition) is 1. The van der Waals surface area contributed by atoms with Crippen molar-refractivity contribution in [1.82, 2.24) is 15.1 Å². The average molecular weight is 269 g/mol. The minimum absolute atomic E-state index is 0.766. The summed E-state index contributed by atoms with van der Waals surface area (Å²) < 4.78 is 2.12. The lowest BCUT2D eigenvalue weighted by Crippen LogP contribution is -2.29. The molecule has 3 nitrogen and oxygen atoms in total.